The molecule has 1 nitrogen and oxygen atoms in total. The molecule has 2 atom stereocenters. The third-order valence-electron chi connectivity index (χ3n) is 2.60. The van der Waals surface area contributed by atoms with Crippen molar-refractivity contribution in [3.8, 4) is 0 Å². The molecule has 82 valence electrons. The maximum atomic E-state index is 12.8. The molecule has 1 aromatic carbocycles. The molecule has 1 aliphatic rings. The molecule has 0 fully saturated rings. The van der Waals surface area contributed by atoms with Crippen molar-refractivity contribution in [2.75, 3.05) is 17.1 Å². The average molecular weight is 225 g/mol. The van der Waals surface area contributed by atoms with E-state index in [4.69, 9.17) is 0 Å². The number of benzene rings is 1. The Morgan fingerprint density at radius 3 is 2.47 bits per heavy atom. The van der Waals surface area contributed by atoms with Crippen LogP contribution in [-0.2, 0) is 0 Å². The normalized spacial score (nSPS) is 30.3. The van der Waals surface area contributed by atoms with Crippen molar-refractivity contribution >= 4 is 26.3 Å². The van der Waals surface area contributed by atoms with Gasteiger partial charge in [0.2, 0.25) is 0 Å². The van der Waals surface area contributed by atoms with E-state index in [0.29, 0.717) is 5.92 Å². The number of hydrogen-bond donors (Lipinski definition) is 0. The van der Waals surface area contributed by atoms with Crippen molar-refractivity contribution < 1.29 is 4.39 Å². The van der Waals surface area contributed by atoms with Crippen LogP contribution in [-0.4, -0.2) is 24.0 Å². The van der Waals surface area contributed by atoms with E-state index >= 15 is 0 Å². The second kappa shape index (κ2) is 3.56. The van der Waals surface area contributed by atoms with Crippen molar-refractivity contribution in [1.29, 1.82) is 0 Å². The Bertz CT molecular complexity index is 469. The van der Waals surface area contributed by atoms with Gasteiger partial charge in [-0.2, -0.15) is 0 Å². The van der Waals surface area contributed by atoms with Crippen LogP contribution >= 0.6 is 9.39 Å². The fourth-order valence-electron chi connectivity index (χ4n) is 2.00. The lowest BCUT2D eigenvalue weighted by molar-refractivity contribution is 0.628. The number of hydrogen-bond acceptors (Lipinski definition) is 1. The lowest BCUT2D eigenvalue weighted by atomic mass is 10.2. The Kier molecular flexibility index (Phi) is 2.51. The van der Waals surface area contributed by atoms with E-state index in [1.165, 1.54) is 12.1 Å². The molecule has 1 aromatic rings. The molecule has 0 saturated heterocycles. The first-order valence-corrected chi connectivity index (χ1v) is 7.21. The molecule has 0 aliphatic carbocycles. The average Bonchev–Trinajstić information content (AvgIpc) is 2.41. The highest BCUT2D eigenvalue weighted by molar-refractivity contribution is 8.29. The Hall–Kier alpha value is -0.960. The van der Waals surface area contributed by atoms with E-state index in [9.17, 15) is 4.39 Å². The first-order chi connectivity index (χ1) is 6.99. The standard InChI is InChI=1S/C12H16FNS/c1-10-8-14(15(2,3)9-10)12-6-4-11(13)5-7-12/h4-7,9-10H,2,8H2,1,3H3. The molecule has 1 heterocycles. The Balaban J connectivity index is 2.38. The van der Waals surface area contributed by atoms with Crippen LogP contribution in [0.15, 0.2) is 24.3 Å². The molecule has 0 N–H and O–H groups in total. The van der Waals surface area contributed by atoms with Gasteiger partial charge < -0.3 is 4.31 Å². The molecule has 0 radical (unpaired) electrons. The van der Waals surface area contributed by atoms with E-state index in [-0.39, 0.29) is 5.82 Å². The van der Waals surface area contributed by atoms with Gasteiger partial charge in [-0.1, -0.05) is 12.8 Å². The fraction of sp³-hybridized carbons (Fsp3) is 0.333. The second-order valence-corrected chi connectivity index (χ2v) is 7.19. The summed E-state index contributed by atoms with van der Waals surface area (Å²) >= 11 is 0. The number of nitrogens with zero attached hydrogens (tertiary/aromatic N) is 1. The SMILES string of the molecule is C=S1(C)=CC(C)CN1c1ccc(F)cc1. The van der Waals surface area contributed by atoms with Gasteiger partial charge in [0, 0.05) is 12.2 Å². The lowest BCUT2D eigenvalue weighted by Crippen LogP contribution is -2.17. The summed E-state index contributed by atoms with van der Waals surface area (Å²) in [6, 6.07) is 6.68. The molecule has 0 amide bonds. The molecule has 0 spiro atoms. The predicted molar refractivity (Wildman–Crippen MR) is 69.6 cm³/mol. The molecule has 0 saturated carbocycles. The van der Waals surface area contributed by atoms with Crippen LogP contribution < -0.4 is 4.31 Å². The van der Waals surface area contributed by atoms with Gasteiger partial charge in [0.15, 0.2) is 0 Å². The quantitative estimate of drug-likeness (QED) is 0.664. The topological polar surface area (TPSA) is 3.24 Å². The van der Waals surface area contributed by atoms with Gasteiger partial charge in [-0.25, -0.2) is 4.39 Å². The van der Waals surface area contributed by atoms with Gasteiger partial charge in [-0.05, 0) is 41.8 Å². The third kappa shape index (κ3) is 2.02. The van der Waals surface area contributed by atoms with E-state index in [2.05, 4.69) is 28.7 Å². The molecular weight excluding hydrogens is 209 g/mol. The van der Waals surface area contributed by atoms with Crippen molar-refractivity contribution in [3.63, 3.8) is 0 Å². The number of rotatable bonds is 1. The zero-order chi connectivity index (χ0) is 11.1. The molecule has 3 heteroatoms. The van der Waals surface area contributed by atoms with Gasteiger partial charge in [0.05, 0.1) is 0 Å². The zero-order valence-electron chi connectivity index (χ0n) is 9.11. The summed E-state index contributed by atoms with van der Waals surface area (Å²) in [5, 5.41) is 2.32. The fourth-order valence-corrected chi connectivity index (χ4v) is 4.42. The lowest BCUT2D eigenvalue weighted by Gasteiger charge is -2.26. The van der Waals surface area contributed by atoms with Crippen LogP contribution in [0.3, 0.4) is 0 Å². The zero-order valence-corrected chi connectivity index (χ0v) is 9.93. The summed E-state index contributed by atoms with van der Waals surface area (Å²) in [5.41, 5.74) is 1.07. The highest BCUT2D eigenvalue weighted by atomic mass is 32.2. The highest BCUT2D eigenvalue weighted by Gasteiger charge is 2.19. The molecule has 2 rings (SSSR count). The summed E-state index contributed by atoms with van der Waals surface area (Å²) < 4.78 is 15.1. The second-order valence-electron chi connectivity index (χ2n) is 4.26. The smallest absolute Gasteiger partial charge is 0.123 e. The van der Waals surface area contributed by atoms with Crippen molar-refractivity contribution in [2.24, 2.45) is 5.92 Å². The van der Waals surface area contributed by atoms with Gasteiger partial charge in [0.1, 0.15) is 5.82 Å². The maximum absolute atomic E-state index is 12.8. The summed E-state index contributed by atoms with van der Waals surface area (Å²) in [6.45, 7) is 3.18. The molecule has 1 aliphatic heterocycles. The molecule has 15 heavy (non-hydrogen) atoms. The van der Waals surface area contributed by atoms with Crippen LogP contribution in [0.25, 0.3) is 0 Å². The van der Waals surface area contributed by atoms with Crippen molar-refractivity contribution in [2.45, 2.75) is 6.92 Å². The summed E-state index contributed by atoms with van der Waals surface area (Å²) in [5.74, 6) is 4.64. The van der Waals surface area contributed by atoms with Gasteiger partial charge in [-0.3, -0.25) is 0 Å². The van der Waals surface area contributed by atoms with Gasteiger partial charge in [0.25, 0.3) is 0 Å². The van der Waals surface area contributed by atoms with E-state index in [1.54, 1.807) is 0 Å². The van der Waals surface area contributed by atoms with Crippen LogP contribution in [0.5, 0.6) is 0 Å². The summed E-state index contributed by atoms with van der Waals surface area (Å²) in [7, 11) is -1.07. The Labute approximate surface area is 91.1 Å². The van der Waals surface area contributed by atoms with E-state index in [0.717, 1.165) is 12.2 Å². The van der Waals surface area contributed by atoms with Crippen molar-refractivity contribution in [3.05, 3.63) is 30.1 Å². The minimum atomic E-state index is -1.07. The maximum Gasteiger partial charge on any atom is 0.123 e. The molecule has 0 bridgehead atoms. The first-order valence-electron chi connectivity index (χ1n) is 4.98. The van der Waals surface area contributed by atoms with Crippen molar-refractivity contribution in [1.82, 2.24) is 0 Å². The number of halogens is 1. The summed E-state index contributed by atoms with van der Waals surface area (Å²) in [6.07, 6.45) is 2.17. The third-order valence-corrected chi connectivity index (χ3v) is 5.02. The first kappa shape index (κ1) is 10.6. The Morgan fingerprint density at radius 1 is 1.40 bits per heavy atom. The largest absolute Gasteiger partial charge is 0.327 e. The molecule has 2 unspecified atom stereocenters. The van der Waals surface area contributed by atoms with Crippen LogP contribution in [0.4, 0.5) is 10.1 Å². The Morgan fingerprint density at radius 2 is 2.00 bits per heavy atom. The van der Waals surface area contributed by atoms with E-state index in [1.807, 2.05) is 12.1 Å². The minimum absolute atomic E-state index is 0.184. The minimum Gasteiger partial charge on any atom is -0.327 e. The van der Waals surface area contributed by atoms with Gasteiger partial charge in [-0.15, -0.1) is 9.39 Å². The highest BCUT2D eigenvalue weighted by Crippen LogP contribution is 2.36. The monoisotopic (exact) mass is 225 g/mol. The number of anilines is 1. The van der Waals surface area contributed by atoms with E-state index < -0.39 is 9.39 Å². The van der Waals surface area contributed by atoms with Crippen LogP contribution in [0.1, 0.15) is 6.92 Å². The summed E-state index contributed by atoms with van der Waals surface area (Å²) in [4.78, 5) is 0. The predicted octanol–water partition coefficient (Wildman–Crippen LogP) is 2.87. The molecule has 0 aromatic heterocycles. The van der Waals surface area contributed by atoms with Gasteiger partial charge >= 0.3 is 0 Å². The van der Waals surface area contributed by atoms with Crippen LogP contribution in [0.2, 0.25) is 0 Å². The van der Waals surface area contributed by atoms with Crippen LogP contribution in [0, 0.1) is 11.7 Å². The molecular formula is C12H16FNS.